The van der Waals surface area contributed by atoms with E-state index < -0.39 is 0 Å². The van der Waals surface area contributed by atoms with Gasteiger partial charge in [-0.1, -0.05) is 38.1 Å². The summed E-state index contributed by atoms with van der Waals surface area (Å²) in [5.74, 6) is 5.37. The van der Waals surface area contributed by atoms with Crippen LogP contribution in [0.5, 0.6) is 0 Å². The van der Waals surface area contributed by atoms with Crippen molar-refractivity contribution in [2.75, 3.05) is 28.3 Å². The molecule has 2 aliphatic rings. The highest BCUT2D eigenvalue weighted by molar-refractivity contribution is 5.97. The number of aromatic nitrogens is 2. The summed E-state index contributed by atoms with van der Waals surface area (Å²) >= 11 is 0. The van der Waals surface area contributed by atoms with Crippen molar-refractivity contribution in [3.63, 3.8) is 0 Å². The van der Waals surface area contributed by atoms with Crippen molar-refractivity contribution in [2.24, 2.45) is 5.92 Å². The average molecular weight is 521 g/mol. The number of rotatable bonds is 6. The monoisotopic (exact) mass is 520 g/mol. The molecule has 2 aliphatic heterocycles. The Hall–Kier alpha value is -4.89. The van der Waals surface area contributed by atoms with Crippen LogP contribution in [0.1, 0.15) is 49.1 Å². The van der Waals surface area contributed by atoms with E-state index in [4.69, 9.17) is 4.74 Å². The molecule has 196 valence electrons. The van der Waals surface area contributed by atoms with Gasteiger partial charge < -0.3 is 15.0 Å². The Bertz CT molecular complexity index is 1550. The van der Waals surface area contributed by atoms with E-state index in [0.29, 0.717) is 36.2 Å². The molecule has 9 nitrogen and oxygen atoms in total. The zero-order valence-electron chi connectivity index (χ0n) is 22.0. The first-order valence-electron chi connectivity index (χ1n) is 12.9. The molecule has 0 radical (unpaired) electrons. The van der Waals surface area contributed by atoms with Gasteiger partial charge in [-0.05, 0) is 54.7 Å². The Morgan fingerprint density at radius 2 is 1.95 bits per heavy atom. The first kappa shape index (κ1) is 25.7. The summed E-state index contributed by atoms with van der Waals surface area (Å²) in [7, 11) is 0. The summed E-state index contributed by atoms with van der Waals surface area (Å²) in [6.07, 6.45) is 2.38. The maximum absolute atomic E-state index is 12.0. The summed E-state index contributed by atoms with van der Waals surface area (Å²) in [5, 5.41) is 12.6. The number of fused-ring (bicyclic) bond motifs is 1. The number of hydrogen-bond donors (Lipinski definition) is 1. The molecule has 1 saturated heterocycles. The molecule has 0 spiro atoms. The first-order valence-corrected chi connectivity index (χ1v) is 12.9. The third kappa shape index (κ3) is 4.99. The Labute approximate surface area is 227 Å². The number of carbonyl (C=O) groups excluding carboxylic acids is 2. The number of nitriles is 1. The maximum Gasteiger partial charge on any atom is 0.284 e. The highest BCUT2D eigenvalue weighted by atomic mass is 16.5. The SMILES string of the molecule is CC(C)[C@H]1COC(=C=O)N1c1ccnc(N[C@@H](C)c2ccc3c(c2)CCN(c2cccc(C#N)c2)C3=C=O)n1. The molecule has 0 amide bonds. The van der Waals surface area contributed by atoms with Gasteiger partial charge in [0.2, 0.25) is 5.95 Å². The van der Waals surface area contributed by atoms with Gasteiger partial charge in [-0.15, -0.1) is 0 Å². The van der Waals surface area contributed by atoms with Crippen molar-refractivity contribution in [3.8, 4) is 6.07 Å². The van der Waals surface area contributed by atoms with Gasteiger partial charge in [-0.3, -0.25) is 4.90 Å². The van der Waals surface area contributed by atoms with Crippen LogP contribution >= 0.6 is 0 Å². The molecule has 0 saturated carbocycles. The number of ether oxygens (including phenoxy) is 1. The van der Waals surface area contributed by atoms with Crippen LogP contribution in [-0.4, -0.2) is 41.0 Å². The van der Waals surface area contributed by atoms with Crippen LogP contribution < -0.4 is 15.1 Å². The Morgan fingerprint density at radius 1 is 1.10 bits per heavy atom. The molecule has 2 aromatic carbocycles. The molecule has 0 unspecified atom stereocenters. The molecule has 1 N–H and O–H groups in total. The van der Waals surface area contributed by atoms with Gasteiger partial charge in [0.15, 0.2) is 11.9 Å². The van der Waals surface area contributed by atoms with Crippen LogP contribution in [0.2, 0.25) is 0 Å². The topological polar surface area (TPSA) is 111 Å². The quantitative estimate of drug-likeness (QED) is 0.476. The lowest BCUT2D eigenvalue weighted by Crippen LogP contribution is -2.35. The van der Waals surface area contributed by atoms with E-state index in [1.165, 1.54) is 0 Å². The maximum atomic E-state index is 12.0. The zero-order valence-corrected chi connectivity index (χ0v) is 22.0. The second kappa shape index (κ2) is 10.8. The van der Waals surface area contributed by atoms with Crippen molar-refractivity contribution in [1.29, 1.82) is 5.26 Å². The normalized spacial score (nSPS) is 17.2. The molecular formula is C30H28N6O3. The summed E-state index contributed by atoms with van der Waals surface area (Å²) < 4.78 is 5.54. The van der Waals surface area contributed by atoms with E-state index >= 15 is 0 Å². The lowest BCUT2D eigenvalue weighted by atomic mass is 9.92. The molecule has 1 fully saturated rings. The standard InChI is InChI=1S/C30H28N6O3/c1-19(2)27-18-39-29(17-38)36(27)28-9-11-32-30(34-28)33-20(3)22-7-8-25-23(14-22)10-12-35(26(25)16-37)24-6-4-5-21(13-24)15-31/h4-9,11,13-14,19-20,27H,10,12,18H2,1-3H3,(H,32,33,34)/t20-,27+/m0/s1. The number of anilines is 3. The lowest BCUT2D eigenvalue weighted by molar-refractivity contribution is 0.246. The van der Waals surface area contributed by atoms with Crippen LogP contribution in [-0.2, 0) is 20.7 Å². The molecule has 3 aromatic rings. The molecule has 0 aliphatic carbocycles. The second-order valence-corrected chi connectivity index (χ2v) is 9.94. The van der Waals surface area contributed by atoms with E-state index in [2.05, 4.69) is 47.2 Å². The van der Waals surface area contributed by atoms with Gasteiger partial charge >= 0.3 is 0 Å². The van der Waals surface area contributed by atoms with E-state index in [1.54, 1.807) is 29.3 Å². The van der Waals surface area contributed by atoms with E-state index in [1.807, 2.05) is 42.0 Å². The van der Waals surface area contributed by atoms with Crippen LogP contribution in [0.4, 0.5) is 17.5 Å². The fraction of sp³-hybridized carbons (Fsp3) is 0.300. The summed E-state index contributed by atoms with van der Waals surface area (Å²) in [6, 6.07) is 17.0. The largest absolute Gasteiger partial charge is 0.468 e. The third-order valence-electron chi connectivity index (χ3n) is 7.17. The van der Waals surface area contributed by atoms with Crippen molar-refractivity contribution >= 4 is 35.0 Å². The minimum absolute atomic E-state index is 0.0238. The highest BCUT2D eigenvalue weighted by Gasteiger charge is 2.35. The van der Waals surface area contributed by atoms with Gasteiger partial charge in [0.25, 0.3) is 5.88 Å². The molecule has 1 aromatic heterocycles. The van der Waals surface area contributed by atoms with Gasteiger partial charge in [0.1, 0.15) is 18.1 Å². The first-order chi connectivity index (χ1) is 18.9. The molecule has 39 heavy (non-hydrogen) atoms. The summed E-state index contributed by atoms with van der Waals surface area (Å²) in [5.41, 5.74) is 4.70. The van der Waals surface area contributed by atoms with E-state index in [9.17, 15) is 14.9 Å². The van der Waals surface area contributed by atoms with E-state index in [-0.39, 0.29) is 23.9 Å². The Morgan fingerprint density at radius 3 is 2.69 bits per heavy atom. The number of nitrogens with zero attached hydrogens (tertiary/aromatic N) is 5. The summed E-state index contributed by atoms with van der Waals surface area (Å²) in [4.78, 5) is 36.2. The third-order valence-corrected chi connectivity index (χ3v) is 7.17. The van der Waals surface area contributed by atoms with Crippen LogP contribution in [0.25, 0.3) is 5.70 Å². The smallest absolute Gasteiger partial charge is 0.284 e. The van der Waals surface area contributed by atoms with E-state index in [0.717, 1.165) is 28.8 Å². The lowest BCUT2D eigenvalue weighted by Gasteiger charge is -2.31. The molecule has 5 rings (SSSR count). The van der Waals surface area contributed by atoms with Crippen molar-refractivity contribution < 1.29 is 14.3 Å². The van der Waals surface area contributed by atoms with Crippen molar-refractivity contribution in [1.82, 2.24) is 9.97 Å². The van der Waals surface area contributed by atoms with Crippen LogP contribution in [0.15, 0.2) is 60.6 Å². The fourth-order valence-corrected chi connectivity index (χ4v) is 5.05. The Kier molecular flexibility index (Phi) is 7.16. The van der Waals surface area contributed by atoms with Crippen LogP contribution in [0, 0.1) is 17.2 Å². The molecular weight excluding hydrogens is 492 g/mol. The van der Waals surface area contributed by atoms with Crippen molar-refractivity contribution in [3.05, 3.63) is 82.9 Å². The fourth-order valence-electron chi connectivity index (χ4n) is 5.05. The predicted octanol–water partition coefficient (Wildman–Crippen LogP) is 4.29. The minimum Gasteiger partial charge on any atom is -0.468 e. The number of benzene rings is 2. The zero-order chi connectivity index (χ0) is 27.5. The average Bonchev–Trinajstić information content (AvgIpc) is 3.41. The van der Waals surface area contributed by atoms with Gasteiger partial charge in [0.05, 0.1) is 23.7 Å². The summed E-state index contributed by atoms with van der Waals surface area (Å²) in [6.45, 7) is 7.16. The van der Waals surface area contributed by atoms with Crippen LogP contribution in [0.3, 0.4) is 0 Å². The van der Waals surface area contributed by atoms with Gasteiger partial charge in [-0.2, -0.15) is 10.2 Å². The van der Waals surface area contributed by atoms with Gasteiger partial charge in [0, 0.05) is 24.0 Å². The number of hydrogen-bond acceptors (Lipinski definition) is 9. The molecule has 0 bridgehead atoms. The van der Waals surface area contributed by atoms with Crippen molar-refractivity contribution in [2.45, 2.75) is 39.3 Å². The predicted molar refractivity (Wildman–Crippen MR) is 148 cm³/mol. The Balaban J connectivity index is 1.37. The highest BCUT2D eigenvalue weighted by Crippen LogP contribution is 2.34. The van der Waals surface area contributed by atoms with Gasteiger partial charge in [-0.25, -0.2) is 14.6 Å². The minimum atomic E-state index is -0.128. The number of nitrogens with one attached hydrogen (secondary N) is 1. The molecule has 3 heterocycles. The molecule has 9 heteroatoms. The molecule has 2 atom stereocenters. The second-order valence-electron chi connectivity index (χ2n) is 9.94.